The minimum Gasteiger partial charge on any atom is -0.493 e. The Kier molecular flexibility index (Phi) is 4.86. The van der Waals surface area contributed by atoms with E-state index in [4.69, 9.17) is 14.5 Å². The van der Waals surface area contributed by atoms with Crippen molar-refractivity contribution in [2.75, 3.05) is 7.11 Å². The third-order valence-electron chi connectivity index (χ3n) is 4.37. The maximum Gasteiger partial charge on any atom is 0.161 e. The number of fused-ring (bicyclic) bond motifs is 1. The first-order valence-electron chi connectivity index (χ1n) is 8.63. The summed E-state index contributed by atoms with van der Waals surface area (Å²) < 4.78 is 14.6. The standard InChI is InChI=1S/C22H19BrN2O2/c1-15-3-10-22-24-19(13-25(22)12-15)17-6-9-20(21(11-17)26-2)27-14-16-4-7-18(23)8-5-16/h3-13H,14H2,1-2H3. The van der Waals surface area contributed by atoms with Crippen LogP contribution in [0.1, 0.15) is 11.1 Å². The third kappa shape index (κ3) is 3.83. The fraction of sp³-hybridized carbons (Fsp3) is 0.136. The van der Waals surface area contributed by atoms with Gasteiger partial charge in [-0.1, -0.05) is 34.1 Å². The van der Waals surface area contributed by atoms with Crippen molar-refractivity contribution in [1.29, 1.82) is 0 Å². The van der Waals surface area contributed by atoms with Gasteiger partial charge < -0.3 is 13.9 Å². The number of imidazole rings is 1. The van der Waals surface area contributed by atoms with E-state index in [-0.39, 0.29) is 0 Å². The van der Waals surface area contributed by atoms with Gasteiger partial charge in [-0.05, 0) is 54.4 Å². The van der Waals surface area contributed by atoms with Crippen LogP contribution in [-0.2, 0) is 6.61 Å². The monoisotopic (exact) mass is 422 g/mol. The first-order valence-corrected chi connectivity index (χ1v) is 9.43. The Balaban J connectivity index is 1.59. The second-order valence-corrected chi connectivity index (χ2v) is 7.29. The minimum atomic E-state index is 0.483. The summed E-state index contributed by atoms with van der Waals surface area (Å²) in [6.07, 6.45) is 4.10. The van der Waals surface area contributed by atoms with E-state index in [1.807, 2.05) is 59.1 Å². The molecule has 0 aliphatic heterocycles. The number of hydrogen-bond donors (Lipinski definition) is 0. The molecule has 0 fully saturated rings. The van der Waals surface area contributed by atoms with Gasteiger partial charge in [-0.2, -0.15) is 0 Å². The van der Waals surface area contributed by atoms with Crippen molar-refractivity contribution in [3.8, 4) is 22.8 Å². The Morgan fingerprint density at radius 2 is 1.78 bits per heavy atom. The maximum absolute atomic E-state index is 5.95. The van der Waals surface area contributed by atoms with Crippen molar-refractivity contribution in [3.05, 3.63) is 82.6 Å². The lowest BCUT2D eigenvalue weighted by molar-refractivity contribution is 0.284. The summed E-state index contributed by atoms with van der Waals surface area (Å²) in [5.41, 5.74) is 5.11. The van der Waals surface area contributed by atoms with Crippen LogP contribution < -0.4 is 9.47 Å². The summed E-state index contributed by atoms with van der Waals surface area (Å²) in [7, 11) is 1.65. The highest BCUT2D eigenvalue weighted by molar-refractivity contribution is 9.10. The van der Waals surface area contributed by atoms with Crippen LogP contribution in [0.4, 0.5) is 0 Å². The van der Waals surface area contributed by atoms with Crippen LogP contribution in [0.3, 0.4) is 0 Å². The summed E-state index contributed by atoms with van der Waals surface area (Å²) in [6, 6.07) is 18.1. The number of halogens is 1. The number of rotatable bonds is 5. The number of aromatic nitrogens is 2. The Morgan fingerprint density at radius 1 is 0.963 bits per heavy atom. The van der Waals surface area contributed by atoms with Crippen LogP contribution in [-0.4, -0.2) is 16.5 Å². The zero-order valence-corrected chi connectivity index (χ0v) is 16.7. The number of pyridine rings is 1. The molecule has 0 N–H and O–H groups in total. The molecule has 0 amide bonds. The molecule has 0 saturated carbocycles. The highest BCUT2D eigenvalue weighted by Gasteiger charge is 2.10. The van der Waals surface area contributed by atoms with Gasteiger partial charge in [-0.3, -0.25) is 0 Å². The predicted octanol–water partition coefficient (Wildman–Crippen LogP) is 5.66. The van der Waals surface area contributed by atoms with Gasteiger partial charge in [0, 0.05) is 22.4 Å². The zero-order valence-electron chi connectivity index (χ0n) is 15.1. The van der Waals surface area contributed by atoms with E-state index in [0.717, 1.165) is 26.9 Å². The van der Waals surface area contributed by atoms with Gasteiger partial charge in [0.25, 0.3) is 0 Å². The molecule has 2 aromatic carbocycles. The molecule has 0 aliphatic rings. The molecule has 0 unspecified atom stereocenters. The number of nitrogens with zero attached hydrogens (tertiary/aromatic N) is 2. The normalized spacial score (nSPS) is 10.9. The zero-order chi connectivity index (χ0) is 18.8. The molecule has 136 valence electrons. The summed E-state index contributed by atoms with van der Waals surface area (Å²) in [5.74, 6) is 1.40. The molecule has 0 aliphatic carbocycles. The van der Waals surface area contributed by atoms with Gasteiger partial charge in [-0.15, -0.1) is 0 Å². The molecular weight excluding hydrogens is 404 g/mol. The third-order valence-corrected chi connectivity index (χ3v) is 4.89. The summed E-state index contributed by atoms with van der Waals surface area (Å²) in [5, 5.41) is 0. The van der Waals surface area contributed by atoms with Gasteiger partial charge >= 0.3 is 0 Å². The number of methoxy groups -OCH3 is 1. The van der Waals surface area contributed by atoms with Crippen LogP contribution in [0.15, 0.2) is 71.5 Å². The van der Waals surface area contributed by atoms with Gasteiger partial charge in [-0.25, -0.2) is 4.98 Å². The lowest BCUT2D eigenvalue weighted by Gasteiger charge is -2.12. The number of benzene rings is 2. The average molecular weight is 423 g/mol. The second-order valence-electron chi connectivity index (χ2n) is 6.38. The van der Waals surface area contributed by atoms with E-state index in [1.165, 1.54) is 5.56 Å². The van der Waals surface area contributed by atoms with Crippen LogP contribution in [0, 0.1) is 6.92 Å². The molecular formula is C22H19BrN2O2. The van der Waals surface area contributed by atoms with Crippen molar-refractivity contribution < 1.29 is 9.47 Å². The molecule has 0 saturated heterocycles. The molecule has 4 nitrogen and oxygen atoms in total. The highest BCUT2D eigenvalue weighted by Crippen LogP contribution is 2.33. The summed E-state index contributed by atoms with van der Waals surface area (Å²) >= 11 is 3.44. The smallest absolute Gasteiger partial charge is 0.161 e. The Morgan fingerprint density at radius 3 is 2.56 bits per heavy atom. The molecule has 2 heterocycles. The van der Waals surface area contributed by atoms with Gasteiger partial charge in [0.2, 0.25) is 0 Å². The lowest BCUT2D eigenvalue weighted by atomic mass is 10.1. The van der Waals surface area contributed by atoms with Crippen molar-refractivity contribution in [2.45, 2.75) is 13.5 Å². The fourth-order valence-electron chi connectivity index (χ4n) is 2.93. The topological polar surface area (TPSA) is 35.8 Å². The predicted molar refractivity (Wildman–Crippen MR) is 110 cm³/mol. The number of aryl methyl sites for hydroxylation is 1. The van der Waals surface area contributed by atoms with Crippen LogP contribution in [0.5, 0.6) is 11.5 Å². The Bertz CT molecular complexity index is 1090. The van der Waals surface area contributed by atoms with E-state index in [1.54, 1.807) is 7.11 Å². The molecule has 5 heteroatoms. The minimum absolute atomic E-state index is 0.483. The first kappa shape index (κ1) is 17.6. The van der Waals surface area contributed by atoms with Crippen molar-refractivity contribution in [3.63, 3.8) is 0 Å². The number of hydrogen-bond acceptors (Lipinski definition) is 3. The maximum atomic E-state index is 5.95. The Labute approximate surface area is 166 Å². The molecule has 0 bridgehead atoms. The lowest BCUT2D eigenvalue weighted by Crippen LogP contribution is -1.98. The van der Waals surface area contributed by atoms with Crippen LogP contribution in [0.25, 0.3) is 16.9 Å². The average Bonchev–Trinajstić information content (AvgIpc) is 3.10. The molecule has 0 spiro atoms. The van der Waals surface area contributed by atoms with E-state index in [9.17, 15) is 0 Å². The van der Waals surface area contributed by atoms with Gasteiger partial charge in [0.05, 0.1) is 12.8 Å². The van der Waals surface area contributed by atoms with Crippen molar-refractivity contribution >= 4 is 21.6 Å². The van der Waals surface area contributed by atoms with E-state index >= 15 is 0 Å². The van der Waals surface area contributed by atoms with E-state index in [0.29, 0.717) is 18.1 Å². The first-order chi connectivity index (χ1) is 13.1. The summed E-state index contributed by atoms with van der Waals surface area (Å²) in [4.78, 5) is 4.69. The van der Waals surface area contributed by atoms with Crippen molar-refractivity contribution in [2.24, 2.45) is 0 Å². The molecule has 0 radical (unpaired) electrons. The van der Waals surface area contributed by atoms with Crippen LogP contribution in [0.2, 0.25) is 0 Å². The molecule has 2 aromatic heterocycles. The van der Waals surface area contributed by atoms with Gasteiger partial charge in [0.1, 0.15) is 12.3 Å². The molecule has 4 rings (SSSR count). The molecule has 4 aromatic rings. The quantitative estimate of drug-likeness (QED) is 0.416. The SMILES string of the molecule is COc1cc(-c2cn3cc(C)ccc3n2)ccc1OCc1ccc(Br)cc1. The second kappa shape index (κ2) is 7.45. The fourth-order valence-corrected chi connectivity index (χ4v) is 3.19. The van der Waals surface area contributed by atoms with E-state index in [2.05, 4.69) is 35.1 Å². The molecule has 0 atom stereocenters. The Hall–Kier alpha value is -2.79. The van der Waals surface area contributed by atoms with E-state index < -0.39 is 0 Å². The van der Waals surface area contributed by atoms with Crippen molar-refractivity contribution in [1.82, 2.24) is 9.38 Å². The number of ether oxygens (including phenoxy) is 2. The summed E-state index contributed by atoms with van der Waals surface area (Å²) in [6.45, 7) is 2.55. The van der Waals surface area contributed by atoms with Gasteiger partial charge in [0.15, 0.2) is 11.5 Å². The largest absolute Gasteiger partial charge is 0.493 e. The van der Waals surface area contributed by atoms with Crippen LogP contribution >= 0.6 is 15.9 Å². The molecule has 27 heavy (non-hydrogen) atoms. The highest BCUT2D eigenvalue weighted by atomic mass is 79.9.